The van der Waals surface area contributed by atoms with Crippen molar-refractivity contribution in [3.05, 3.63) is 98.4 Å². The molecule has 1 N–H and O–H groups in total. The van der Waals surface area contributed by atoms with E-state index in [4.69, 9.17) is 4.74 Å². The Morgan fingerprint density at radius 3 is 2.28 bits per heavy atom. The minimum Gasteiger partial charge on any atom is -0.483 e. The van der Waals surface area contributed by atoms with E-state index in [9.17, 15) is 9.59 Å². The van der Waals surface area contributed by atoms with Crippen molar-refractivity contribution < 1.29 is 14.3 Å². The molecule has 0 radical (unpaired) electrons. The van der Waals surface area contributed by atoms with Crippen molar-refractivity contribution in [3.8, 4) is 5.75 Å². The Morgan fingerprint density at radius 1 is 0.917 bits per heavy atom. The van der Waals surface area contributed by atoms with Crippen molar-refractivity contribution >= 4 is 43.7 Å². The monoisotopic (exact) mass is 614 g/mol. The van der Waals surface area contributed by atoms with Crippen LogP contribution in [0.15, 0.2) is 81.7 Å². The van der Waals surface area contributed by atoms with Gasteiger partial charge in [-0.3, -0.25) is 9.59 Å². The van der Waals surface area contributed by atoms with Crippen LogP contribution in [0.3, 0.4) is 0 Å². The molecule has 7 heteroatoms. The first-order chi connectivity index (χ1) is 17.3. The summed E-state index contributed by atoms with van der Waals surface area (Å²) in [6.07, 6.45) is 1.30. The highest BCUT2D eigenvalue weighted by molar-refractivity contribution is 9.10. The van der Waals surface area contributed by atoms with Crippen molar-refractivity contribution in [2.75, 3.05) is 6.61 Å². The van der Waals surface area contributed by atoms with Gasteiger partial charge in [0, 0.05) is 23.5 Å². The van der Waals surface area contributed by atoms with Crippen LogP contribution < -0.4 is 10.1 Å². The lowest BCUT2D eigenvalue weighted by Gasteiger charge is -2.32. The van der Waals surface area contributed by atoms with E-state index in [2.05, 4.69) is 44.1 Å². The molecule has 5 nitrogen and oxygen atoms in total. The van der Waals surface area contributed by atoms with Gasteiger partial charge in [0.1, 0.15) is 11.8 Å². The van der Waals surface area contributed by atoms with E-state index in [-0.39, 0.29) is 31.0 Å². The van der Waals surface area contributed by atoms with Gasteiger partial charge in [0.05, 0.1) is 4.47 Å². The molecule has 0 aliphatic heterocycles. The summed E-state index contributed by atoms with van der Waals surface area (Å²) in [7, 11) is 0. The maximum Gasteiger partial charge on any atom is 0.261 e. The summed E-state index contributed by atoms with van der Waals surface area (Å²) in [4.78, 5) is 28.7. The van der Waals surface area contributed by atoms with Gasteiger partial charge in [-0.15, -0.1) is 0 Å². The summed E-state index contributed by atoms with van der Waals surface area (Å²) in [5.74, 6) is 0.140. The number of carbonyl (C=O) groups excluding carboxylic acids is 2. The van der Waals surface area contributed by atoms with E-state index < -0.39 is 6.04 Å². The van der Waals surface area contributed by atoms with E-state index >= 15 is 0 Å². The number of nitrogens with zero attached hydrogens (tertiary/aromatic N) is 1. The topological polar surface area (TPSA) is 58.6 Å². The predicted octanol–water partition coefficient (Wildman–Crippen LogP) is 6.32. The van der Waals surface area contributed by atoms with Gasteiger partial charge in [-0.2, -0.15) is 0 Å². The largest absolute Gasteiger partial charge is 0.483 e. The third-order valence-corrected chi connectivity index (χ3v) is 6.81. The number of aryl methyl sites for hydroxylation is 1. The predicted molar refractivity (Wildman–Crippen MR) is 151 cm³/mol. The first-order valence-corrected chi connectivity index (χ1v) is 13.6. The fourth-order valence-corrected chi connectivity index (χ4v) is 4.86. The van der Waals surface area contributed by atoms with Crippen molar-refractivity contribution in [1.82, 2.24) is 10.2 Å². The van der Waals surface area contributed by atoms with Crippen LogP contribution >= 0.6 is 31.9 Å². The molecule has 1 atom stereocenters. The maximum absolute atomic E-state index is 13.7. The lowest BCUT2D eigenvalue weighted by molar-refractivity contribution is -0.143. The quantitative estimate of drug-likeness (QED) is 0.275. The molecule has 0 aromatic heterocycles. The zero-order valence-corrected chi connectivity index (χ0v) is 24.0. The van der Waals surface area contributed by atoms with Crippen molar-refractivity contribution in [2.24, 2.45) is 0 Å². The van der Waals surface area contributed by atoms with Crippen LogP contribution in [0.5, 0.6) is 5.75 Å². The molecular weight excluding hydrogens is 584 g/mol. The van der Waals surface area contributed by atoms with Crippen LogP contribution in [0, 0.1) is 0 Å². The molecule has 0 fully saturated rings. The number of ether oxygens (including phenoxy) is 1. The maximum atomic E-state index is 13.7. The van der Waals surface area contributed by atoms with Crippen LogP contribution in [-0.2, 0) is 29.0 Å². The van der Waals surface area contributed by atoms with Crippen LogP contribution in [0.4, 0.5) is 0 Å². The van der Waals surface area contributed by atoms with E-state index in [1.807, 2.05) is 86.6 Å². The molecule has 0 saturated heterocycles. The second kappa shape index (κ2) is 13.6. The summed E-state index contributed by atoms with van der Waals surface area (Å²) < 4.78 is 7.63. The smallest absolute Gasteiger partial charge is 0.261 e. The van der Waals surface area contributed by atoms with Gasteiger partial charge in [-0.05, 0) is 77.2 Å². The number of amides is 2. The number of carbonyl (C=O) groups is 2. The van der Waals surface area contributed by atoms with Crippen LogP contribution in [0.2, 0.25) is 0 Å². The van der Waals surface area contributed by atoms with E-state index in [1.165, 1.54) is 5.56 Å². The summed E-state index contributed by atoms with van der Waals surface area (Å²) >= 11 is 7.05. The SMILES string of the molecule is CCc1ccc(OCC(=O)N(Cc2cccc(Br)c2)[C@H](Cc2ccccc2)C(=O)NC(C)C)c(Br)c1. The van der Waals surface area contributed by atoms with Gasteiger partial charge in [0.2, 0.25) is 5.91 Å². The molecule has 0 spiro atoms. The Labute approximate surface area is 230 Å². The average Bonchev–Trinajstić information content (AvgIpc) is 2.85. The van der Waals surface area contributed by atoms with E-state index in [0.717, 1.165) is 26.5 Å². The van der Waals surface area contributed by atoms with Gasteiger partial charge >= 0.3 is 0 Å². The Morgan fingerprint density at radius 2 is 1.64 bits per heavy atom. The number of hydrogen-bond acceptors (Lipinski definition) is 3. The molecule has 2 amide bonds. The number of rotatable bonds is 11. The minimum atomic E-state index is -0.698. The number of hydrogen-bond donors (Lipinski definition) is 1. The molecule has 0 aliphatic rings. The Kier molecular flexibility index (Phi) is 10.6. The molecule has 3 aromatic rings. The normalized spacial score (nSPS) is 11.7. The molecule has 36 heavy (non-hydrogen) atoms. The van der Waals surface area contributed by atoms with Gasteiger partial charge in [-0.1, -0.05) is 71.4 Å². The van der Waals surface area contributed by atoms with Crippen molar-refractivity contribution in [2.45, 2.75) is 52.2 Å². The van der Waals surface area contributed by atoms with Gasteiger partial charge in [0.15, 0.2) is 6.61 Å². The van der Waals surface area contributed by atoms with Crippen LogP contribution in [0.25, 0.3) is 0 Å². The molecule has 0 unspecified atom stereocenters. The highest BCUT2D eigenvalue weighted by atomic mass is 79.9. The van der Waals surface area contributed by atoms with Gasteiger partial charge in [0.25, 0.3) is 5.91 Å². The van der Waals surface area contributed by atoms with E-state index in [1.54, 1.807) is 4.90 Å². The fourth-order valence-electron chi connectivity index (χ4n) is 3.87. The van der Waals surface area contributed by atoms with E-state index in [0.29, 0.717) is 12.2 Å². The Hall–Kier alpha value is -2.64. The van der Waals surface area contributed by atoms with Crippen LogP contribution in [-0.4, -0.2) is 35.4 Å². The second-order valence-electron chi connectivity index (χ2n) is 8.93. The fraction of sp³-hybridized carbons (Fsp3) is 0.310. The molecule has 3 rings (SSSR count). The zero-order chi connectivity index (χ0) is 26.1. The number of halogens is 2. The van der Waals surface area contributed by atoms with Crippen LogP contribution in [0.1, 0.15) is 37.5 Å². The molecule has 0 saturated carbocycles. The zero-order valence-electron chi connectivity index (χ0n) is 20.8. The molecule has 0 heterocycles. The average molecular weight is 616 g/mol. The number of benzene rings is 3. The van der Waals surface area contributed by atoms with Gasteiger partial charge in [-0.25, -0.2) is 0 Å². The third-order valence-electron chi connectivity index (χ3n) is 5.70. The van der Waals surface area contributed by atoms with Gasteiger partial charge < -0.3 is 15.0 Å². The lowest BCUT2D eigenvalue weighted by Crippen LogP contribution is -2.52. The number of nitrogens with one attached hydrogen (secondary N) is 1. The first kappa shape index (κ1) is 27.9. The summed E-state index contributed by atoms with van der Waals surface area (Å²) in [6.45, 7) is 6.01. The molecular formula is C29H32Br2N2O3. The lowest BCUT2D eigenvalue weighted by atomic mass is 10.0. The molecule has 0 bridgehead atoms. The molecule has 0 aliphatic carbocycles. The molecule has 190 valence electrons. The summed E-state index contributed by atoms with van der Waals surface area (Å²) in [6, 6.07) is 22.6. The highest BCUT2D eigenvalue weighted by Gasteiger charge is 2.31. The van der Waals surface area contributed by atoms with Crippen molar-refractivity contribution in [1.29, 1.82) is 0 Å². The Bertz CT molecular complexity index is 1170. The summed E-state index contributed by atoms with van der Waals surface area (Å²) in [5, 5.41) is 3.00. The highest BCUT2D eigenvalue weighted by Crippen LogP contribution is 2.26. The van der Waals surface area contributed by atoms with Crippen molar-refractivity contribution in [3.63, 3.8) is 0 Å². The standard InChI is InChI=1S/C29H32Br2N2O3/c1-4-21-13-14-27(25(31)16-21)36-19-28(34)33(18-23-11-8-12-24(30)15-23)26(29(35)32-20(2)3)17-22-9-6-5-7-10-22/h5-16,20,26H,4,17-19H2,1-3H3,(H,32,35)/t26-/m1/s1. The summed E-state index contributed by atoms with van der Waals surface area (Å²) in [5.41, 5.74) is 3.07. The molecule has 3 aromatic carbocycles. The third kappa shape index (κ3) is 8.20. The second-order valence-corrected chi connectivity index (χ2v) is 10.7. The Balaban J connectivity index is 1.91. The minimum absolute atomic E-state index is 0.0529. The first-order valence-electron chi connectivity index (χ1n) is 12.1.